The van der Waals surface area contributed by atoms with Gasteiger partial charge in [0.15, 0.2) is 0 Å². The molecule has 0 nitrogen and oxygen atoms in total. The Morgan fingerprint density at radius 2 is 1.08 bits per heavy atom. The molecule has 0 aromatic heterocycles. The molecule has 0 saturated heterocycles. The van der Waals surface area contributed by atoms with Crippen LogP contribution in [-0.2, 0) is 0 Å². The van der Waals surface area contributed by atoms with Crippen molar-refractivity contribution in [1.82, 2.24) is 0 Å². The van der Waals surface area contributed by atoms with E-state index in [4.69, 9.17) is 0 Å². The van der Waals surface area contributed by atoms with Crippen molar-refractivity contribution in [2.24, 2.45) is 58.2 Å². The second-order valence-corrected chi connectivity index (χ2v) is 12.7. The molecule has 0 amide bonds. The van der Waals surface area contributed by atoms with Crippen molar-refractivity contribution in [3.05, 3.63) is 0 Å². The summed E-state index contributed by atoms with van der Waals surface area (Å²) < 4.78 is 0. The van der Waals surface area contributed by atoms with Crippen LogP contribution in [0, 0.1) is 58.2 Å². The average Bonchev–Trinajstić information content (AvgIpc) is 3.13. The highest BCUT2D eigenvalue weighted by molar-refractivity contribution is 5.07. The predicted molar refractivity (Wildman–Crippen MR) is 113 cm³/mol. The first-order valence-electron chi connectivity index (χ1n) is 12.2. The van der Waals surface area contributed by atoms with E-state index in [0.29, 0.717) is 10.8 Å². The Labute approximate surface area is 164 Å². The third-order valence-corrected chi connectivity index (χ3v) is 10.1. The minimum atomic E-state index is 0.487. The number of fused-ring (bicyclic) bond motifs is 3. The lowest BCUT2D eigenvalue weighted by Gasteiger charge is -2.46. The summed E-state index contributed by atoms with van der Waals surface area (Å²) in [5, 5.41) is 0. The van der Waals surface area contributed by atoms with Gasteiger partial charge in [-0.3, -0.25) is 0 Å². The first kappa shape index (κ1) is 19.3. The molecule has 0 heterocycles. The van der Waals surface area contributed by atoms with Crippen LogP contribution in [0.5, 0.6) is 0 Å². The summed E-state index contributed by atoms with van der Waals surface area (Å²) >= 11 is 0. The number of hydrogen-bond acceptors (Lipinski definition) is 0. The van der Waals surface area contributed by atoms with Crippen molar-refractivity contribution >= 4 is 0 Å². The van der Waals surface area contributed by atoms with E-state index in [0.717, 1.165) is 47.3 Å². The zero-order chi connectivity index (χ0) is 18.7. The predicted octanol–water partition coefficient (Wildman–Crippen LogP) is 7.96. The van der Waals surface area contributed by atoms with Gasteiger partial charge in [-0.15, -0.1) is 0 Å². The Hall–Kier alpha value is 0. The SMILES string of the molecule is CC1CC(C(C)(C)C2C3CCCCC3C3CCCCC32)CC1C(C)(C)C. The zero-order valence-corrected chi connectivity index (χ0v) is 18.7. The summed E-state index contributed by atoms with van der Waals surface area (Å²) in [5.41, 5.74) is 1.05. The molecule has 0 aromatic carbocycles. The largest absolute Gasteiger partial charge is 0.0622 e. The van der Waals surface area contributed by atoms with Gasteiger partial charge in [0.25, 0.3) is 0 Å². The molecule has 4 fully saturated rings. The standard InChI is InChI=1S/C26H46/c1-17-15-18(16-23(17)25(2,3)4)26(5,6)24-21-13-9-7-11-19(21)20-12-8-10-14-22(20)24/h17-24H,7-16H2,1-6H3. The van der Waals surface area contributed by atoms with Gasteiger partial charge in [0.1, 0.15) is 0 Å². The maximum atomic E-state index is 2.72. The van der Waals surface area contributed by atoms with E-state index in [1.165, 1.54) is 38.5 Å². The third kappa shape index (κ3) is 3.10. The lowest BCUT2D eigenvalue weighted by Crippen LogP contribution is -2.39. The third-order valence-electron chi connectivity index (χ3n) is 10.1. The molecule has 0 N–H and O–H groups in total. The molecule has 7 unspecified atom stereocenters. The molecule has 4 aliphatic rings. The van der Waals surface area contributed by atoms with Crippen LogP contribution in [-0.4, -0.2) is 0 Å². The van der Waals surface area contributed by atoms with E-state index in [-0.39, 0.29) is 0 Å². The lowest BCUT2D eigenvalue weighted by atomic mass is 9.59. The van der Waals surface area contributed by atoms with Crippen LogP contribution in [0.15, 0.2) is 0 Å². The average molecular weight is 359 g/mol. The summed E-state index contributed by atoms with van der Waals surface area (Å²) in [6, 6.07) is 0. The van der Waals surface area contributed by atoms with Gasteiger partial charge in [-0.25, -0.2) is 0 Å². The van der Waals surface area contributed by atoms with Gasteiger partial charge in [0.2, 0.25) is 0 Å². The van der Waals surface area contributed by atoms with E-state index in [1.807, 2.05) is 0 Å². The summed E-state index contributed by atoms with van der Waals surface area (Å²) in [6.45, 7) is 15.5. The van der Waals surface area contributed by atoms with Crippen molar-refractivity contribution < 1.29 is 0 Å². The van der Waals surface area contributed by atoms with Crippen molar-refractivity contribution in [3.63, 3.8) is 0 Å². The maximum Gasteiger partial charge on any atom is -0.0292 e. The maximum absolute atomic E-state index is 2.72. The topological polar surface area (TPSA) is 0 Å². The molecule has 150 valence electrons. The van der Waals surface area contributed by atoms with Gasteiger partial charge < -0.3 is 0 Å². The van der Waals surface area contributed by atoms with Crippen molar-refractivity contribution in [2.75, 3.05) is 0 Å². The normalized spacial score (nSPS) is 46.8. The molecule has 4 aliphatic carbocycles. The van der Waals surface area contributed by atoms with Gasteiger partial charge in [0.05, 0.1) is 0 Å². The van der Waals surface area contributed by atoms with Gasteiger partial charge in [0, 0.05) is 0 Å². The molecular formula is C26H46. The van der Waals surface area contributed by atoms with Gasteiger partial charge >= 0.3 is 0 Å². The summed E-state index contributed by atoms with van der Waals surface area (Å²) in [7, 11) is 0. The molecule has 4 rings (SSSR count). The summed E-state index contributed by atoms with van der Waals surface area (Å²) in [4.78, 5) is 0. The first-order chi connectivity index (χ1) is 12.2. The highest BCUT2D eigenvalue weighted by Crippen LogP contribution is 2.65. The first-order valence-corrected chi connectivity index (χ1v) is 12.2. The smallest absolute Gasteiger partial charge is 0.0292 e. The molecule has 7 atom stereocenters. The molecule has 0 spiro atoms. The summed E-state index contributed by atoms with van der Waals surface area (Å²) in [5.74, 6) is 8.23. The Balaban J connectivity index is 1.60. The fraction of sp³-hybridized carbons (Fsp3) is 1.00. The van der Waals surface area contributed by atoms with Crippen molar-refractivity contribution in [1.29, 1.82) is 0 Å². The molecule has 0 heteroatoms. The minimum Gasteiger partial charge on any atom is -0.0622 e. The Kier molecular flexibility index (Phi) is 5.06. The summed E-state index contributed by atoms with van der Waals surface area (Å²) in [6.07, 6.45) is 15.4. The second kappa shape index (κ2) is 6.81. The van der Waals surface area contributed by atoms with Gasteiger partial charge in [-0.05, 0) is 96.7 Å². The zero-order valence-electron chi connectivity index (χ0n) is 18.7. The van der Waals surface area contributed by atoms with Crippen LogP contribution in [0.4, 0.5) is 0 Å². The second-order valence-electron chi connectivity index (χ2n) is 12.7. The lowest BCUT2D eigenvalue weighted by molar-refractivity contribution is 0.0267. The van der Waals surface area contributed by atoms with Crippen LogP contribution < -0.4 is 0 Å². The van der Waals surface area contributed by atoms with Crippen LogP contribution >= 0.6 is 0 Å². The fourth-order valence-corrected chi connectivity index (χ4v) is 9.09. The number of hydrogen-bond donors (Lipinski definition) is 0. The van der Waals surface area contributed by atoms with Gasteiger partial charge in [-0.2, -0.15) is 0 Å². The van der Waals surface area contributed by atoms with E-state index < -0.39 is 0 Å². The molecule has 26 heavy (non-hydrogen) atoms. The molecule has 0 aliphatic heterocycles. The Bertz CT molecular complexity index is 473. The van der Waals surface area contributed by atoms with E-state index in [9.17, 15) is 0 Å². The monoisotopic (exact) mass is 358 g/mol. The Morgan fingerprint density at radius 3 is 1.50 bits per heavy atom. The van der Waals surface area contributed by atoms with Crippen LogP contribution in [0.25, 0.3) is 0 Å². The van der Waals surface area contributed by atoms with E-state index in [1.54, 1.807) is 25.7 Å². The van der Waals surface area contributed by atoms with Crippen molar-refractivity contribution in [2.45, 2.75) is 106 Å². The highest BCUT2D eigenvalue weighted by Gasteiger charge is 2.58. The highest BCUT2D eigenvalue weighted by atomic mass is 14.6. The molecule has 0 aromatic rings. The molecular weight excluding hydrogens is 312 g/mol. The Morgan fingerprint density at radius 1 is 0.615 bits per heavy atom. The van der Waals surface area contributed by atoms with E-state index >= 15 is 0 Å². The van der Waals surface area contributed by atoms with Crippen LogP contribution in [0.2, 0.25) is 0 Å². The van der Waals surface area contributed by atoms with Crippen LogP contribution in [0.3, 0.4) is 0 Å². The molecule has 4 saturated carbocycles. The van der Waals surface area contributed by atoms with Gasteiger partial charge in [-0.1, -0.05) is 67.2 Å². The van der Waals surface area contributed by atoms with Crippen LogP contribution in [0.1, 0.15) is 106 Å². The molecule has 0 bridgehead atoms. The molecule has 0 radical (unpaired) electrons. The van der Waals surface area contributed by atoms with E-state index in [2.05, 4.69) is 41.5 Å². The number of rotatable bonds is 2. The minimum absolute atomic E-state index is 0.487. The van der Waals surface area contributed by atoms with Crippen molar-refractivity contribution in [3.8, 4) is 0 Å². The quantitative estimate of drug-likeness (QED) is 0.469. The fourth-order valence-electron chi connectivity index (χ4n) is 9.09.